The van der Waals surface area contributed by atoms with Gasteiger partial charge >= 0.3 is 5.97 Å². The Labute approximate surface area is 206 Å². The normalized spacial score (nSPS) is 13.4. The van der Waals surface area contributed by atoms with Crippen molar-refractivity contribution in [2.45, 2.75) is 38.1 Å². The lowest BCUT2D eigenvalue weighted by molar-refractivity contribution is -0.143. The lowest BCUT2D eigenvalue weighted by Crippen LogP contribution is -2.45. The van der Waals surface area contributed by atoms with Gasteiger partial charge in [0.15, 0.2) is 0 Å². The summed E-state index contributed by atoms with van der Waals surface area (Å²) in [5.74, 6) is -3.09. The molecule has 0 saturated carbocycles. The minimum atomic E-state index is -1.08. The summed E-state index contributed by atoms with van der Waals surface area (Å²) in [4.78, 5) is 37.6. The molecular formula is C29H32N2O4. The van der Waals surface area contributed by atoms with E-state index in [1.807, 2.05) is 91.0 Å². The van der Waals surface area contributed by atoms with Crippen molar-refractivity contribution in [3.63, 3.8) is 0 Å². The van der Waals surface area contributed by atoms with E-state index in [9.17, 15) is 19.5 Å². The van der Waals surface area contributed by atoms with Crippen molar-refractivity contribution < 1.29 is 19.5 Å². The molecule has 6 heteroatoms. The average molecular weight is 473 g/mol. The maximum atomic E-state index is 13.4. The third-order valence-electron chi connectivity index (χ3n) is 6.17. The molecule has 0 spiro atoms. The third kappa shape index (κ3) is 8.41. The molecule has 3 aromatic carbocycles. The highest BCUT2D eigenvalue weighted by atomic mass is 16.4. The number of aryl methyl sites for hydroxylation is 1. The number of rotatable bonds is 13. The zero-order valence-electron chi connectivity index (χ0n) is 19.7. The van der Waals surface area contributed by atoms with Gasteiger partial charge in [0, 0.05) is 11.8 Å². The van der Waals surface area contributed by atoms with Gasteiger partial charge in [-0.05, 0) is 48.8 Å². The van der Waals surface area contributed by atoms with Crippen LogP contribution in [0.4, 0.5) is 0 Å². The minimum Gasteiger partial charge on any atom is -0.480 e. The fourth-order valence-corrected chi connectivity index (χ4v) is 4.23. The molecule has 0 aliphatic heterocycles. The van der Waals surface area contributed by atoms with Crippen molar-refractivity contribution >= 4 is 17.8 Å². The molecule has 0 fully saturated rings. The van der Waals surface area contributed by atoms with Gasteiger partial charge in [-0.3, -0.25) is 9.59 Å². The molecule has 0 aliphatic rings. The van der Waals surface area contributed by atoms with Crippen LogP contribution in [0.15, 0.2) is 91.0 Å². The molecule has 3 aromatic rings. The van der Waals surface area contributed by atoms with Gasteiger partial charge in [-0.25, -0.2) is 4.79 Å². The topological polar surface area (TPSA) is 109 Å². The number of aliphatic carboxylic acids is 1. The van der Waals surface area contributed by atoms with Crippen LogP contribution in [0.1, 0.15) is 29.5 Å². The van der Waals surface area contributed by atoms with Crippen molar-refractivity contribution in [1.29, 1.82) is 0 Å². The molecule has 2 unspecified atom stereocenters. The molecule has 3 rings (SSSR count). The average Bonchev–Trinajstić information content (AvgIpc) is 2.87. The zero-order valence-corrected chi connectivity index (χ0v) is 19.7. The Morgan fingerprint density at radius 3 is 1.63 bits per heavy atom. The van der Waals surface area contributed by atoms with E-state index in [1.54, 1.807) is 0 Å². The van der Waals surface area contributed by atoms with E-state index in [0.29, 0.717) is 19.3 Å². The molecular weight excluding hydrogens is 440 g/mol. The van der Waals surface area contributed by atoms with Crippen LogP contribution in [-0.2, 0) is 33.6 Å². The number of carbonyl (C=O) groups is 3. The van der Waals surface area contributed by atoms with Crippen LogP contribution >= 0.6 is 0 Å². The third-order valence-corrected chi connectivity index (χ3v) is 6.17. The van der Waals surface area contributed by atoms with Gasteiger partial charge in [0.05, 0.1) is 0 Å². The number of nitrogens with two attached hydrogens (primary N) is 1. The van der Waals surface area contributed by atoms with Gasteiger partial charge in [-0.1, -0.05) is 91.0 Å². The highest BCUT2D eigenvalue weighted by Gasteiger charge is 2.29. The first-order chi connectivity index (χ1) is 16.9. The first-order valence-electron chi connectivity index (χ1n) is 11.9. The monoisotopic (exact) mass is 472 g/mol. The maximum Gasteiger partial charge on any atom is 0.326 e. The molecule has 182 valence electrons. The molecule has 6 nitrogen and oxygen atoms in total. The zero-order chi connectivity index (χ0) is 25.0. The smallest absolute Gasteiger partial charge is 0.326 e. The summed E-state index contributed by atoms with van der Waals surface area (Å²) < 4.78 is 0. The highest BCUT2D eigenvalue weighted by molar-refractivity contribution is 5.86. The Balaban J connectivity index is 1.75. The summed E-state index contributed by atoms with van der Waals surface area (Å²) in [6.45, 7) is 0. The van der Waals surface area contributed by atoms with Crippen molar-refractivity contribution in [1.82, 2.24) is 5.32 Å². The summed E-state index contributed by atoms with van der Waals surface area (Å²) in [5, 5.41) is 12.5. The predicted molar refractivity (Wildman–Crippen MR) is 135 cm³/mol. The molecule has 0 aromatic heterocycles. The molecule has 2 amide bonds. The summed E-state index contributed by atoms with van der Waals surface area (Å²) in [6.07, 6.45) is 1.84. The Morgan fingerprint density at radius 2 is 1.17 bits per heavy atom. The second kappa shape index (κ2) is 13.1. The van der Waals surface area contributed by atoms with Crippen LogP contribution in [0, 0.1) is 11.8 Å². The largest absolute Gasteiger partial charge is 0.480 e. The van der Waals surface area contributed by atoms with E-state index in [2.05, 4.69) is 5.32 Å². The predicted octanol–water partition coefficient (Wildman–Crippen LogP) is 3.78. The van der Waals surface area contributed by atoms with Crippen LogP contribution < -0.4 is 11.1 Å². The standard InChI is InChI=1S/C29H32N2O4/c30-27(32)24(18-22-12-6-2-7-13-22)20-25(19-23-14-8-3-9-15-23)28(33)31-26(29(34)35)17-16-21-10-4-1-5-11-21/h1-15,24-26H,16-20H2,(H2,30,32)(H,31,33)(H,34,35)/t24?,25?,26-/m1/s1. The van der Waals surface area contributed by atoms with Gasteiger partial charge < -0.3 is 16.2 Å². The van der Waals surface area contributed by atoms with E-state index in [4.69, 9.17) is 5.73 Å². The molecule has 0 heterocycles. The number of nitrogens with one attached hydrogen (secondary N) is 1. The number of hydrogen-bond donors (Lipinski definition) is 3. The number of carboxylic acids is 1. The van der Waals surface area contributed by atoms with Crippen LogP contribution in [0.2, 0.25) is 0 Å². The molecule has 3 atom stereocenters. The Morgan fingerprint density at radius 1 is 0.714 bits per heavy atom. The summed E-state index contributed by atoms with van der Waals surface area (Å²) in [6, 6.07) is 27.6. The highest BCUT2D eigenvalue weighted by Crippen LogP contribution is 2.22. The lowest BCUT2D eigenvalue weighted by atomic mass is 9.85. The van der Waals surface area contributed by atoms with E-state index in [1.165, 1.54) is 0 Å². The van der Waals surface area contributed by atoms with Crippen molar-refractivity contribution in [3.8, 4) is 0 Å². The number of amides is 2. The lowest BCUT2D eigenvalue weighted by Gasteiger charge is -2.24. The summed E-state index contributed by atoms with van der Waals surface area (Å²) in [5.41, 5.74) is 8.62. The Kier molecular flexibility index (Phi) is 9.60. The maximum absolute atomic E-state index is 13.4. The number of carboxylic acid groups (broad SMARTS) is 1. The number of carbonyl (C=O) groups excluding carboxylic acids is 2. The Hall–Kier alpha value is -3.93. The van der Waals surface area contributed by atoms with Crippen LogP contribution in [0.3, 0.4) is 0 Å². The van der Waals surface area contributed by atoms with Gasteiger partial charge in [0.25, 0.3) is 0 Å². The van der Waals surface area contributed by atoms with Gasteiger partial charge in [-0.15, -0.1) is 0 Å². The van der Waals surface area contributed by atoms with Gasteiger partial charge in [0.1, 0.15) is 6.04 Å². The second-order valence-corrected chi connectivity index (χ2v) is 8.84. The molecule has 0 radical (unpaired) electrons. The van der Waals surface area contributed by atoms with E-state index in [0.717, 1.165) is 16.7 Å². The van der Waals surface area contributed by atoms with Crippen molar-refractivity contribution in [2.24, 2.45) is 17.6 Å². The van der Waals surface area contributed by atoms with Crippen LogP contribution in [0.5, 0.6) is 0 Å². The molecule has 0 saturated heterocycles. The van der Waals surface area contributed by atoms with Crippen molar-refractivity contribution in [3.05, 3.63) is 108 Å². The molecule has 4 N–H and O–H groups in total. The van der Waals surface area contributed by atoms with Crippen LogP contribution in [0.25, 0.3) is 0 Å². The van der Waals surface area contributed by atoms with E-state index >= 15 is 0 Å². The van der Waals surface area contributed by atoms with E-state index < -0.39 is 29.8 Å². The summed E-state index contributed by atoms with van der Waals surface area (Å²) >= 11 is 0. The Bertz CT molecular complexity index is 1090. The van der Waals surface area contributed by atoms with Gasteiger partial charge in [-0.2, -0.15) is 0 Å². The number of hydrogen-bond acceptors (Lipinski definition) is 3. The first-order valence-corrected chi connectivity index (χ1v) is 11.9. The fourth-order valence-electron chi connectivity index (χ4n) is 4.23. The van der Waals surface area contributed by atoms with Crippen molar-refractivity contribution in [2.75, 3.05) is 0 Å². The molecule has 35 heavy (non-hydrogen) atoms. The first kappa shape index (κ1) is 25.7. The fraction of sp³-hybridized carbons (Fsp3) is 0.276. The SMILES string of the molecule is NC(=O)C(Cc1ccccc1)CC(Cc1ccccc1)C(=O)N[C@H](CCc1ccccc1)C(=O)O. The second-order valence-electron chi connectivity index (χ2n) is 8.84. The quantitative estimate of drug-likeness (QED) is 0.352. The van der Waals surface area contributed by atoms with Crippen LogP contribution in [-0.4, -0.2) is 28.9 Å². The van der Waals surface area contributed by atoms with Gasteiger partial charge in [0.2, 0.25) is 11.8 Å². The van der Waals surface area contributed by atoms with E-state index in [-0.39, 0.29) is 18.7 Å². The molecule has 0 aliphatic carbocycles. The number of benzene rings is 3. The number of primary amides is 1. The molecule has 0 bridgehead atoms. The minimum absolute atomic E-state index is 0.232. The summed E-state index contributed by atoms with van der Waals surface area (Å²) in [7, 11) is 0.